The molecule has 4 bridgehead atoms. The number of thiocarbonyl (C=S) groups is 1. The Morgan fingerprint density at radius 3 is 2.42 bits per heavy atom. The minimum absolute atomic E-state index is 0.0207. The van der Waals surface area contributed by atoms with E-state index in [2.05, 4.69) is 5.43 Å². The predicted molar refractivity (Wildman–Crippen MR) is 126 cm³/mol. The average molecular weight is 457 g/mol. The van der Waals surface area contributed by atoms with Gasteiger partial charge in [0.15, 0.2) is 4.32 Å². The van der Waals surface area contributed by atoms with Gasteiger partial charge in [0.25, 0.3) is 5.91 Å². The third kappa shape index (κ3) is 3.91. The van der Waals surface area contributed by atoms with Crippen LogP contribution in [0.4, 0.5) is 0 Å². The Hall–Kier alpha value is -1.86. The molecule has 0 unspecified atom stereocenters. The lowest BCUT2D eigenvalue weighted by Crippen LogP contribution is -2.57. The molecule has 4 saturated carbocycles. The van der Waals surface area contributed by atoms with E-state index in [1.54, 1.807) is 6.08 Å². The predicted octanol–water partition coefficient (Wildman–Crippen LogP) is 4.92. The topological polar surface area (TPSA) is 58.6 Å². The lowest BCUT2D eigenvalue weighted by atomic mass is 9.49. The lowest BCUT2D eigenvalue weighted by Gasteiger charge is -2.55. The van der Waals surface area contributed by atoms with Crippen LogP contribution in [0, 0.1) is 23.2 Å². The summed E-state index contributed by atoms with van der Waals surface area (Å²) in [5.74, 6) is 2.43. The van der Waals surface area contributed by atoms with Gasteiger partial charge >= 0.3 is 0 Å². The summed E-state index contributed by atoms with van der Waals surface area (Å²) < 4.78 is 6.24. The maximum absolute atomic E-state index is 13.4. The van der Waals surface area contributed by atoms with Crippen molar-refractivity contribution >= 4 is 46.2 Å². The minimum atomic E-state index is -0.320. The quantitative estimate of drug-likeness (QED) is 0.503. The van der Waals surface area contributed by atoms with Gasteiger partial charge < -0.3 is 4.74 Å². The SMILES string of the molecule is CC(C)Oc1ccccc1/C=C1\SC(=S)N(NC(=O)C23CC4CC(CC(C4)C2)C3)C1=O. The van der Waals surface area contributed by atoms with E-state index < -0.39 is 0 Å². The molecule has 2 amide bonds. The molecule has 164 valence electrons. The van der Waals surface area contributed by atoms with Crippen LogP contribution in [0.1, 0.15) is 57.9 Å². The highest BCUT2D eigenvalue weighted by atomic mass is 32.2. The molecular formula is C24H28N2O3S2. The molecule has 1 saturated heterocycles. The van der Waals surface area contributed by atoms with Gasteiger partial charge in [0.2, 0.25) is 5.91 Å². The average Bonchev–Trinajstić information content (AvgIpc) is 2.95. The van der Waals surface area contributed by atoms with Gasteiger partial charge in [-0.15, -0.1) is 0 Å². The van der Waals surface area contributed by atoms with Crippen LogP contribution < -0.4 is 10.2 Å². The number of nitrogens with zero attached hydrogens (tertiary/aromatic N) is 1. The van der Waals surface area contributed by atoms with Crippen molar-refractivity contribution in [1.29, 1.82) is 0 Å². The van der Waals surface area contributed by atoms with Crippen LogP contribution >= 0.6 is 24.0 Å². The Morgan fingerprint density at radius 1 is 1.19 bits per heavy atom. The largest absolute Gasteiger partial charge is 0.490 e. The highest BCUT2D eigenvalue weighted by Crippen LogP contribution is 2.60. The number of amides is 2. The molecule has 1 heterocycles. The Bertz CT molecular complexity index is 936. The Balaban J connectivity index is 1.33. The van der Waals surface area contributed by atoms with Crippen LogP contribution in [-0.2, 0) is 9.59 Å². The van der Waals surface area contributed by atoms with E-state index in [0.29, 0.717) is 27.0 Å². The summed E-state index contributed by atoms with van der Waals surface area (Å²) in [5, 5.41) is 1.28. The van der Waals surface area contributed by atoms with Crippen LogP contribution in [0.15, 0.2) is 29.2 Å². The van der Waals surface area contributed by atoms with Gasteiger partial charge in [-0.1, -0.05) is 30.0 Å². The second kappa shape index (κ2) is 7.93. The summed E-state index contributed by atoms with van der Waals surface area (Å²) in [7, 11) is 0. The first kappa shape index (κ1) is 21.0. The van der Waals surface area contributed by atoms with Gasteiger partial charge in [-0.2, -0.15) is 5.01 Å². The molecule has 1 aliphatic heterocycles. The third-order valence-corrected chi connectivity index (χ3v) is 8.40. The van der Waals surface area contributed by atoms with Crippen molar-refractivity contribution in [3.05, 3.63) is 34.7 Å². The van der Waals surface area contributed by atoms with Crippen LogP contribution in [0.2, 0.25) is 0 Å². The molecule has 1 N–H and O–H groups in total. The van der Waals surface area contributed by atoms with E-state index in [4.69, 9.17) is 17.0 Å². The van der Waals surface area contributed by atoms with Crippen LogP contribution in [0.3, 0.4) is 0 Å². The highest BCUT2D eigenvalue weighted by molar-refractivity contribution is 8.26. The van der Waals surface area contributed by atoms with Crippen molar-refractivity contribution in [2.45, 2.75) is 58.5 Å². The summed E-state index contributed by atoms with van der Waals surface area (Å²) in [5.41, 5.74) is 3.41. The fourth-order valence-electron chi connectivity index (χ4n) is 6.28. The number of ether oxygens (including phenoxy) is 1. The van der Waals surface area contributed by atoms with Gasteiger partial charge in [0.05, 0.1) is 16.4 Å². The standard InChI is InChI=1S/C24H28N2O3S2/c1-14(2)29-19-6-4-3-5-18(19)10-20-21(27)26(23(30)31-20)25-22(28)24-11-15-7-16(12-24)9-17(8-15)13-24/h3-6,10,14-17H,7-9,11-13H2,1-2H3,(H,25,28)/b20-10-. The van der Waals surface area contributed by atoms with Gasteiger partial charge in [0, 0.05) is 5.56 Å². The molecule has 5 fully saturated rings. The number of carbonyl (C=O) groups is 2. The molecular weight excluding hydrogens is 428 g/mol. The molecule has 5 nitrogen and oxygen atoms in total. The number of hydrogen-bond acceptors (Lipinski definition) is 5. The van der Waals surface area contributed by atoms with Crippen molar-refractivity contribution in [2.75, 3.05) is 0 Å². The number of hydrogen-bond donors (Lipinski definition) is 1. The highest BCUT2D eigenvalue weighted by Gasteiger charge is 2.55. The van der Waals surface area contributed by atoms with Crippen molar-refractivity contribution < 1.29 is 14.3 Å². The monoisotopic (exact) mass is 456 g/mol. The smallest absolute Gasteiger partial charge is 0.285 e. The summed E-state index contributed by atoms with van der Waals surface area (Å²) in [6.07, 6.45) is 8.51. The zero-order valence-corrected chi connectivity index (χ0v) is 19.6. The Labute approximate surface area is 192 Å². The molecule has 0 aromatic heterocycles. The zero-order chi connectivity index (χ0) is 21.8. The van der Waals surface area contributed by atoms with E-state index in [1.807, 2.05) is 38.1 Å². The van der Waals surface area contributed by atoms with E-state index in [1.165, 1.54) is 36.0 Å². The first-order valence-corrected chi connectivity index (χ1v) is 12.4. The third-order valence-electron chi connectivity index (χ3n) is 7.10. The molecule has 5 aliphatic rings. The van der Waals surface area contributed by atoms with Gasteiger partial charge in [-0.3, -0.25) is 15.0 Å². The molecule has 0 spiro atoms. The second-order valence-electron chi connectivity index (χ2n) is 9.86. The summed E-state index contributed by atoms with van der Waals surface area (Å²) >= 11 is 6.68. The number of benzene rings is 1. The molecule has 4 aliphatic carbocycles. The fourth-order valence-corrected chi connectivity index (χ4v) is 7.45. The van der Waals surface area contributed by atoms with Crippen molar-refractivity contribution in [3.8, 4) is 5.75 Å². The van der Waals surface area contributed by atoms with Gasteiger partial charge in [-0.25, -0.2) is 0 Å². The Kier molecular flexibility index (Phi) is 5.37. The van der Waals surface area contributed by atoms with Crippen LogP contribution in [-0.4, -0.2) is 27.2 Å². The van der Waals surface area contributed by atoms with E-state index in [0.717, 1.165) is 30.6 Å². The van der Waals surface area contributed by atoms with Crippen molar-refractivity contribution in [1.82, 2.24) is 10.4 Å². The number of carbonyl (C=O) groups excluding carboxylic acids is 2. The first-order chi connectivity index (χ1) is 14.8. The molecule has 0 radical (unpaired) electrons. The molecule has 1 aromatic rings. The number of thioether (sulfide) groups is 1. The number of para-hydroxylation sites is 1. The molecule has 7 heteroatoms. The van der Waals surface area contributed by atoms with E-state index in [-0.39, 0.29) is 23.3 Å². The summed E-state index contributed by atoms with van der Waals surface area (Å²) in [6.45, 7) is 3.94. The number of rotatable bonds is 5. The Morgan fingerprint density at radius 2 is 1.81 bits per heavy atom. The lowest BCUT2D eigenvalue weighted by molar-refractivity contribution is -0.152. The maximum Gasteiger partial charge on any atom is 0.285 e. The van der Waals surface area contributed by atoms with Crippen LogP contribution in [0.25, 0.3) is 6.08 Å². The summed E-state index contributed by atoms with van der Waals surface area (Å²) in [6, 6.07) is 7.63. The van der Waals surface area contributed by atoms with Gasteiger partial charge in [-0.05, 0) is 94.5 Å². The molecule has 6 rings (SSSR count). The number of hydrazine groups is 1. The minimum Gasteiger partial charge on any atom is -0.490 e. The summed E-state index contributed by atoms with van der Waals surface area (Å²) in [4.78, 5) is 27.0. The normalized spacial score (nSPS) is 32.9. The maximum atomic E-state index is 13.4. The fraction of sp³-hybridized carbons (Fsp3) is 0.542. The van der Waals surface area contributed by atoms with E-state index in [9.17, 15) is 9.59 Å². The molecule has 1 aromatic carbocycles. The molecule has 31 heavy (non-hydrogen) atoms. The molecule has 0 atom stereocenters. The second-order valence-corrected chi connectivity index (χ2v) is 11.5. The number of nitrogens with one attached hydrogen (secondary N) is 1. The van der Waals surface area contributed by atoms with Crippen LogP contribution in [0.5, 0.6) is 5.75 Å². The first-order valence-electron chi connectivity index (χ1n) is 11.2. The van der Waals surface area contributed by atoms with E-state index >= 15 is 0 Å². The van der Waals surface area contributed by atoms with Crippen molar-refractivity contribution in [3.63, 3.8) is 0 Å². The van der Waals surface area contributed by atoms with Gasteiger partial charge in [0.1, 0.15) is 5.75 Å². The van der Waals surface area contributed by atoms with Crippen molar-refractivity contribution in [2.24, 2.45) is 23.2 Å². The zero-order valence-electron chi connectivity index (χ0n) is 17.9.